The van der Waals surface area contributed by atoms with Gasteiger partial charge in [0, 0.05) is 31.5 Å². The molecule has 1 unspecified atom stereocenters. The van der Waals surface area contributed by atoms with E-state index in [0.29, 0.717) is 30.0 Å². The number of nitrogens with zero attached hydrogens (tertiary/aromatic N) is 2. The number of aromatic nitrogens is 1. The molecule has 1 aromatic carbocycles. The molecule has 2 rings (SSSR count). The van der Waals surface area contributed by atoms with Gasteiger partial charge in [-0.25, -0.2) is 0 Å². The first-order chi connectivity index (χ1) is 10.6. The van der Waals surface area contributed by atoms with Gasteiger partial charge in [0.05, 0.1) is 6.10 Å². The van der Waals surface area contributed by atoms with Crippen LogP contribution in [0.4, 0.5) is 0 Å². The van der Waals surface area contributed by atoms with E-state index in [0.717, 1.165) is 0 Å². The van der Waals surface area contributed by atoms with Gasteiger partial charge in [-0.3, -0.25) is 9.78 Å². The maximum atomic E-state index is 12.3. The molecule has 2 aromatic rings. The Morgan fingerprint density at radius 1 is 1.27 bits per heavy atom. The van der Waals surface area contributed by atoms with E-state index in [-0.39, 0.29) is 5.91 Å². The van der Waals surface area contributed by atoms with Crippen LogP contribution in [0, 0.1) is 0 Å². The number of pyridine rings is 1. The zero-order valence-corrected chi connectivity index (χ0v) is 12.8. The van der Waals surface area contributed by atoms with E-state index in [1.807, 2.05) is 0 Å². The smallest absolute Gasteiger partial charge is 0.253 e. The zero-order chi connectivity index (χ0) is 15.9. The molecule has 1 amide bonds. The number of carbonyl (C=O) groups is 1. The van der Waals surface area contributed by atoms with Crippen LogP contribution in [0.15, 0.2) is 48.8 Å². The number of amides is 1. The number of aliphatic hydroxyl groups is 1. The van der Waals surface area contributed by atoms with Crippen LogP contribution < -0.4 is 4.74 Å². The predicted octanol–water partition coefficient (Wildman–Crippen LogP) is 2.72. The number of benzene rings is 1. The molecule has 0 saturated heterocycles. The Kier molecular flexibility index (Phi) is 5.49. The standard InChI is InChI=1S/C17H20N2O3/c1-13(20)8-11-19(2)17(21)14-4-3-5-16(12-14)22-15-6-9-18-10-7-15/h3-7,9-10,12-13,20H,8,11H2,1-2H3. The van der Waals surface area contributed by atoms with Crippen molar-refractivity contribution >= 4 is 5.91 Å². The minimum absolute atomic E-state index is 0.0965. The quantitative estimate of drug-likeness (QED) is 0.891. The lowest BCUT2D eigenvalue weighted by molar-refractivity contribution is 0.0768. The lowest BCUT2D eigenvalue weighted by Crippen LogP contribution is -2.29. The van der Waals surface area contributed by atoms with E-state index >= 15 is 0 Å². The average Bonchev–Trinajstić information content (AvgIpc) is 2.53. The summed E-state index contributed by atoms with van der Waals surface area (Å²) in [5.41, 5.74) is 0.555. The highest BCUT2D eigenvalue weighted by Crippen LogP contribution is 2.21. The fourth-order valence-corrected chi connectivity index (χ4v) is 1.94. The van der Waals surface area contributed by atoms with Crippen molar-refractivity contribution < 1.29 is 14.6 Å². The monoisotopic (exact) mass is 300 g/mol. The van der Waals surface area contributed by atoms with Crippen LogP contribution in [0.1, 0.15) is 23.7 Å². The number of carbonyl (C=O) groups excluding carboxylic acids is 1. The molecule has 0 fully saturated rings. The summed E-state index contributed by atoms with van der Waals surface area (Å²) in [7, 11) is 1.72. The van der Waals surface area contributed by atoms with Crippen molar-refractivity contribution in [1.29, 1.82) is 0 Å². The Balaban J connectivity index is 2.06. The van der Waals surface area contributed by atoms with Crippen LogP contribution >= 0.6 is 0 Å². The lowest BCUT2D eigenvalue weighted by Gasteiger charge is -2.18. The summed E-state index contributed by atoms with van der Waals surface area (Å²) in [6.07, 6.45) is 3.43. The highest BCUT2D eigenvalue weighted by molar-refractivity contribution is 5.94. The van der Waals surface area contributed by atoms with Gasteiger partial charge in [0.15, 0.2) is 0 Å². The fourth-order valence-electron chi connectivity index (χ4n) is 1.94. The summed E-state index contributed by atoms with van der Waals surface area (Å²) in [4.78, 5) is 17.9. The third kappa shape index (κ3) is 4.56. The molecule has 1 aromatic heterocycles. The normalized spacial score (nSPS) is 11.8. The van der Waals surface area contributed by atoms with Crippen LogP contribution in [0.3, 0.4) is 0 Å². The largest absolute Gasteiger partial charge is 0.457 e. The predicted molar refractivity (Wildman–Crippen MR) is 84.0 cm³/mol. The van der Waals surface area contributed by atoms with Crippen LogP contribution in [0.2, 0.25) is 0 Å². The SMILES string of the molecule is CC(O)CCN(C)C(=O)c1cccc(Oc2ccncc2)c1. The summed E-state index contributed by atoms with van der Waals surface area (Å²) in [5.74, 6) is 1.17. The van der Waals surface area contributed by atoms with Crippen LogP contribution in [0.5, 0.6) is 11.5 Å². The number of hydrogen-bond donors (Lipinski definition) is 1. The van der Waals surface area contributed by atoms with Gasteiger partial charge in [-0.1, -0.05) is 6.07 Å². The van der Waals surface area contributed by atoms with Crippen molar-refractivity contribution in [2.45, 2.75) is 19.4 Å². The molecule has 22 heavy (non-hydrogen) atoms. The van der Waals surface area contributed by atoms with Crippen LogP contribution in [0.25, 0.3) is 0 Å². The van der Waals surface area contributed by atoms with Crippen molar-refractivity contribution in [3.63, 3.8) is 0 Å². The van der Waals surface area contributed by atoms with E-state index in [1.165, 1.54) is 0 Å². The van der Waals surface area contributed by atoms with Gasteiger partial charge in [-0.05, 0) is 43.7 Å². The Bertz CT molecular complexity index is 614. The average molecular weight is 300 g/mol. The molecule has 1 N–H and O–H groups in total. The van der Waals surface area contributed by atoms with Gasteiger partial charge < -0.3 is 14.7 Å². The molecule has 0 saturated carbocycles. The second-order valence-corrected chi connectivity index (χ2v) is 5.18. The highest BCUT2D eigenvalue weighted by Gasteiger charge is 2.13. The molecule has 5 nitrogen and oxygen atoms in total. The van der Waals surface area contributed by atoms with Gasteiger partial charge in [-0.2, -0.15) is 0 Å². The molecule has 116 valence electrons. The molecule has 1 heterocycles. The molecular weight excluding hydrogens is 280 g/mol. The van der Waals surface area contributed by atoms with Crippen LogP contribution in [-0.2, 0) is 0 Å². The number of rotatable bonds is 6. The van der Waals surface area contributed by atoms with E-state index in [1.54, 1.807) is 67.7 Å². The molecule has 0 aliphatic rings. The van der Waals surface area contributed by atoms with E-state index < -0.39 is 6.10 Å². The molecule has 0 aliphatic carbocycles. The maximum Gasteiger partial charge on any atom is 0.253 e. The number of hydrogen-bond acceptors (Lipinski definition) is 4. The Morgan fingerprint density at radius 2 is 2.00 bits per heavy atom. The summed E-state index contributed by atoms with van der Waals surface area (Å²) in [6, 6.07) is 10.5. The van der Waals surface area contributed by atoms with Crippen molar-refractivity contribution in [2.75, 3.05) is 13.6 Å². The maximum absolute atomic E-state index is 12.3. The van der Waals surface area contributed by atoms with Crippen molar-refractivity contribution in [1.82, 2.24) is 9.88 Å². The molecule has 0 bridgehead atoms. The van der Waals surface area contributed by atoms with Crippen LogP contribution in [-0.4, -0.2) is 40.6 Å². The molecule has 0 radical (unpaired) electrons. The first-order valence-corrected chi connectivity index (χ1v) is 7.17. The molecule has 5 heteroatoms. The highest BCUT2D eigenvalue weighted by atomic mass is 16.5. The van der Waals surface area contributed by atoms with Crippen molar-refractivity contribution in [3.8, 4) is 11.5 Å². The van der Waals surface area contributed by atoms with E-state index in [4.69, 9.17) is 4.74 Å². The number of aliphatic hydroxyl groups excluding tert-OH is 1. The van der Waals surface area contributed by atoms with E-state index in [9.17, 15) is 9.90 Å². The van der Waals surface area contributed by atoms with Crippen molar-refractivity contribution in [3.05, 3.63) is 54.4 Å². The summed E-state index contributed by atoms with van der Waals surface area (Å²) in [6.45, 7) is 2.22. The Labute approximate surface area is 130 Å². The third-order valence-electron chi connectivity index (χ3n) is 3.20. The Hall–Kier alpha value is -2.40. The second-order valence-electron chi connectivity index (χ2n) is 5.18. The molecular formula is C17H20N2O3. The molecule has 0 spiro atoms. The minimum Gasteiger partial charge on any atom is -0.457 e. The summed E-state index contributed by atoms with van der Waals surface area (Å²) in [5, 5.41) is 9.30. The second kappa shape index (κ2) is 7.56. The fraction of sp³-hybridized carbons (Fsp3) is 0.294. The Morgan fingerprint density at radius 3 is 2.68 bits per heavy atom. The van der Waals surface area contributed by atoms with Gasteiger partial charge in [-0.15, -0.1) is 0 Å². The summed E-state index contributed by atoms with van der Waals surface area (Å²) >= 11 is 0. The van der Waals surface area contributed by atoms with Gasteiger partial charge in [0.25, 0.3) is 5.91 Å². The van der Waals surface area contributed by atoms with Gasteiger partial charge in [0.1, 0.15) is 11.5 Å². The van der Waals surface area contributed by atoms with E-state index in [2.05, 4.69) is 4.98 Å². The minimum atomic E-state index is -0.420. The molecule has 1 atom stereocenters. The first-order valence-electron chi connectivity index (χ1n) is 7.17. The number of ether oxygens (including phenoxy) is 1. The zero-order valence-electron chi connectivity index (χ0n) is 12.8. The van der Waals surface area contributed by atoms with Gasteiger partial charge in [0.2, 0.25) is 0 Å². The lowest BCUT2D eigenvalue weighted by atomic mass is 10.2. The third-order valence-corrected chi connectivity index (χ3v) is 3.20. The van der Waals surface area contributed by atoms with Gasteiger partial charge >= 0.3 is 0 Å². The van der Waals surface area contributed by atoms with Crippen molar-refractivity contribution in [2.24, 2.45) is 0 Å². The topological polar surface area (TPSA) is 62.7 Å². The summed E-state index contributed by atoms with van der Waals surface area (Å²) < 4.78 is 5.70. The first kappa shape index (κ1) is 16.0. The molecule has 0 aliphatic heterocycles.